The van der Waals surface area contributed by atoms with E-state index in [1.807, 2.05) is 23.6 Å². The smallest absolute Gasteiger partial charge is 0.225 e. The number of nitrogens with zero attached hydrogens (tertiary/aromatic N) is 1. The zero-order valence-electron chi connectivity index (χ0n) is 12.0. The minimum Gasteiger partial charge on any atom is -0.371 e. The molecule has 1 atom stereocenters. The summed E-state index contributed by atoms with van der Waals surface area (Å²) in [6, 6.07) is 14.5. The molecule has 1 aliphatic rings. The van der Waals surface area contributed by atoms with Gasteiger partial charge in [-0.15, -0.1) is 11.3 Å². The van der Waals surface area contributed by atoms with Crippen molar-refractivity contribution < 1.29 is 4.79 Å². The minimum absolute atomic E-state index is 0.135. The van der Waals surface area contributed by atoms with Crippen molar-refractivity contribution in [2.24, 2.45) is 5.92 Å². The average Bonchev–Trinajstić information content (AvgIpc) is 3.17. The first-order chi connectivity index (χ1) is 10.3. The molecule has 2 heterocycles. The summed E-state index contributed by atoms with van der Waals surface area (Å²) in [7, 11) is 0. The number of carbonyl (C=O) groups is 1. The van der Waals surface area contributed by atoms with Crippen molar-refractivity contribution in [3.63, 3.8) is 0 Å². The van der Waals surface area contributed by atoms with Crippen LogP contribution in [0, 0.1) is 5.92 Å². The number of hydrogen-bond acceptors (Lipinski definition) is 3. The molecule has 1 N–H and O–H groups in total. The van der Waals surface area contributed by atoms with E-state index >= 15 is 0 Å². The van der Waals surface area contributed by atoms with Gasteiger partial charge in [-0.2, -0.15) is 0 Å². The molecule has 0 spiro atoms. The first kappa shape index (κ1) is 14.1. The van der Waals surface area contributed by atoms with Gasteiger partial charge >= 0.3 is 0 Å². The van der Waals surface area contributed by atoms with E-state index < -0.39 is 0 Å². The van der Waals surface area contributed by atoms with Gasteiger partial charge in [-0.05, 0) is 35.9 Å². The molecular weight excluding hydrogens is 280 g/mol. The average molecular weight is 300 g/mol. The summed E-state index contributed by atoms with van der Waals surface area (Å²) < 4.78 is 0. The fourth-order valence-corrected chi connectivity index (χ4v) is 3.47. The van der Waals surface area contributed by atoms with Gasteiger partial charge < -0.3 is 10.2 Å². The van der Waals surface area contributed by atoms with Crippen molar-refractivity contribution in [1.29, 1.82) is 0 Å². The second kappa shape index (κ2) is 6.76. The highest BCUT2D eigenvalue weighted by Crippen LogP contribution is 2.22. The lowest BCUT2D eigenvalue weighted by Crippen LogP contribution is -2.31. The van der Waals surface area contributed by atoms with E-state index in [4.69, 9.17) is 0 Å². The highest BCUT2D eigenvalue weighted by atomic mass is 32.1. The number of para-hydroxylation sites is 1. The topological polar surface area (TPSA) is 32.3 Å². The molecule has 1 aliphatic heterocycles. The highest BCUT2D eigenvalue weighted by molar-refractivity contribution is 7.10. The van der Waals surface area contributed by atoms with Gasteiger partial charge in [-0.25, -0.2) is 0 Å². The predicted octanol–water partition coefficient (Wildman–Crippen LogP) is 2.93. The van der Waals surface area contributed by atoms with Crippen molar-refractivity contribution in [3.05, 3.63) is 52.7 Å². The maximum absolute atomic E-state index is 11.9. The summed E-state index contributed by atoms with van der Waals surface area (Å²) in [4.78, 5) is 15.4. The molecule has 0 bridgehead atoms. The summed E-state index contributed by atoms with van der Waals surface area (Å²) in [5, 5.41) is 5.09. The molecule has 0 aliphatic carbocycles. The number of anilines is 1. The first-order valence-corrected chi connectivity index (χ1v) is 8.28. The molecule has 0 saturated carbocycles. The molecule has 2 aromatic rings. The zero-order valence-corrected chi connectivity index (χ0v) is 12.8. The Bertz CT molecular complexity index is 568. The molecule has 0 radical (unpaired) electrons. The van der Waals surface area contributed by atoms with Crippen LogP contribution in [0.2, 0.25) is 0 Å². The lowest BCUT2D eigenvalue weighted by atomic mass is 10.1. The minimum atomic E-state index is 0.135. The summed E-state index contributed by atoms with van der Waals surface area (Å²) in [5.41, 5.74) is 1.28. The summed E-state index contributed by atoms with van der Waals surface area (Å²) in [5.74, 6) is 0.688. The molecule has 1 amide bonds. The standard InChI is InChI=1S/C17H20N2OS/c20-17(11-16-7-4-10-21-16)18-12-14-8-9-19(13-14)15-5-2-1-3-6-15/h1-7,10,14H,8-9,11-13H2,(H,18,20). The Labute approximate surface area is 129 Å². The molecule has 110 valence electrons. The van der Waals surface area contributed by atoms with Crippen LogP contribution in [0.5, 0.6) is 0 Å². The molecule has 1 aromatic heterocycles. The lowest BCUT2D eigenvalue weighted by Gasteiger charge is -2.18. The van der Waals surface area contributed by atoms with E-state index in [-0.39, 0.29) is 5.91 Å². The van der Waals surface area contributed by atoms with E-state index in [1.165, 1.54) is 5.69 Å². The Kier molecular flexibility index (Phi) is 4.55. The van der Waals surface area contributed by atoms with Crippen molar-refractivity contribution in [3.8, 4) is 0 Å². The highest BCUT2D eigenvalue weighted by Gasteiger charge is 2.22. The Hall–Kier alpha value is -1.81. The first-order valence-electron chi connectivity index (χ1n) is 7.40. The lowest BCUT2D eigenvalue weighted by molar-refractivity contribution is -0.120. The molecule has 1 unspecified atom stereocenters. The monoisotopic (exact) mass is 300 g/mol. The normalized spacial score (nSPS) is 17.9. The Balaban J connectivity index is 1.44. The molecule has 3 rings (SSSR count). The zero-order chi connectivity index (χ0) is 14.5. The van der Waals surface area contributed by atoms with Crippen LogP contribution < -0.4 is 10.2 Å². The van der Waals surface area contributed by atoms with E-state index in [2.05, 4.69) is 34.5 Å². The summed E-state index contributed by atoms with van der Waals surface area (Å²) >= 11 is 1.64. The van der Waals surface area contributed by atoms with E-state index in [1.54, 1.807) is 11.3 Å². The van der Waals surface area contributed by atoms with Crippen molar-refractivity contribution in [2.75, 3.05) is 24.5 Å². The van der Waals surface area contributed by atoms with Crippen molar-refractivity contribution in [2.45, 2.75) is 12.8 Å². The molecule has 1 fully saturated rings. The van der Waals surface area contributed by atoms with Gasteiger partial charge in [0.2, 0.25) is 5.91 Å². The van der Waals surface area contributed by atoms with Crippen molar-refractivity contribution >= 4 is 22.9 Å². The third-order valence-corrected chi connectivity index (χ3v) is 4.79. The van der Waals surface area contributed by atoms with Crippen molar-refractivity contribution in [1.82, 2.24) is 5.32 Å². The van der Waals surface area contributed by atoms with Crippen LogP contribution in [-0.4, -0.2) is 25.5 Å². The van der Waals surface area contributed by atoms with Gasteiger partial charge in [0.1, 0.15) is 0 Å². The molecule has 21 heavy (non-hydrogen) atoms. The number of thiophene rings is 1. The number of amides is 1. The number of hydrogen-bond donors (Lipinski definition) is 1. The van der Waals surface area contributed by atoms with Crippen LogP contribution in [-0.2, 0) is 11.2 Å². The molecule has 3 nitrogen and oxygen atoms in total. The quantitative estimate of drug-likeness (QED) is 0.921. The SMILES string of the molecule is O=C(Cc1cccs1)NCC1CCN(c2ccccc2)C1. The summed E-state index contributed by atoms with van der Waals surface area (Å²) in [6.45, 7) is 2.90. The van der Waals surface area contributed by atoms with Gasteiger partial charge in [0.05, 0.1) is 6.42 Å². The van der Waals surface area contributed by atoms with Crippen LogP contribution in [0.1, 0.15) is 11.3 Å². The van der Waals surface area contributed by atoms with Crippen LogP contribution >= 0.6 is 11.3 Å². The van der Waals surface area contributed by atoms with E-state index in [0.717, 1.165) is 30.9 Å². The molecular formula is C17H20N2OS. The van der Waals surface area contributed by atoms with Gasteiger partial charge in [0.15, 0.2) is 0 Å². The molecule has 4 heteroatoms. The van der Waals surface area contributed by atoms with Crippen LogP contribution in [0.4, 0.5) is 5.69 Å². The van der Waals surface area contributed by atoms with Gasteiger partial charge in [-0.1, -0.05) is 24.3 Å². The fourth-order valence-electron chi connectivity index (χ4n) is 2.76. The van der Waals surface area contributed by atoms with Crippen LogP contribution in [0.3, 0.4) is 0 Å². The van der Waals surface area contributed by atoms with Gasteiger partial charge in [0, 0.05) is 30.2 Å². The Morgan fingerprint density at radius 1 is 1.24 bits per heavy atom. The van der Waals surface area contributed by atoms with E-state index in [9.17, 15) is 4.79 Å². The number of carbonyl (C=O) groups excluding carboxylic acids is 1. The Morgan fingerprint density at radius 3 is 2.86 bits per heavy atom. The second-order valence-electron chi connectivity index (χ2n) is 5.50. The van der Waals surface area contributed by atoms with Gasteiger partial charge in [-0.3, -0.25) is 4.79 Å². The number of rotatable bonds is 5. The second-order valence-corrected chi connectivity index (χ2v) is 6.53. The fraction of sp³-hybridized carbons (Fsp3) is 0.353. The van der Waals surface area contributed by atoms with Crippen LogP contribution in [0.15, 0.2) is 47.8 Å². The third-order valence-electron chi connectivity index (χ3n) is 3.91. The van der Waals surface area contributed by atoms with Gasteiger partial charge in [0.25, 0.3) is 0 Å². The number of nitrogens with one attached hydrogen (secondary N) is 1. The molecule has 1 aromatic carbocycles. The summed E-state index contributed by atoms with van der Waals surface area (Å²) in [6.07, 6.45) is 1.65. The third kappa shape index (κ3) is 3.85. The largest absolute Gasteiger partial charge is 0.371 e. The van der Waals surface area contributed by atoms with E-state index in [0.29, 0.717) is 12.3 Å². The maximum atomic E-state index is 11.9. The maximum Gasteiger partial charge on any atom is 0.225 e. The Morgan fingerprint density at radius 2 is 2.10 bits per heavy atom. The molecule has 1 saturated heterocycles. The van der Waals surface area contributed by atoms with Crippen LogP contribution in [0.25, 0.3) is 0 Å². The predicted molar refractivity (Wildman–Crippen MR) is 87.8 cm³/mol. The number of benzene rings is 1.